The fraction of sp³-hybridized carbons (Fsp3) is 0.462. The minimum Gasteiger partial charge on any atom is -0.496 e. The second kappa shape index (κ2) is 10.8. The number of carbonyl (C=O) groups excluding carboxylic acids is 1. The number of carbonyl (C=O) groups is 1. The Morgan fingerprint density at radius 1 is 1.36 bits per heavy atom. The lowest BCUT2D eigenvalue weighted by Gasteiger charge is -2.39. The first kappa shape index (κ1) is 25.8. The maximum absolute atomic E-state index is 13.2. The van der Waals surface area contributed by atoms with Gasteiger partial charge in [0.25, 0.3) is 5.91 Å². The third-order valence-corrected chi connectivity index (χ3v) is 6.26. The van der Waals surface area contributed by atoms with Crippen LogP contribution in [0.1, 0.15) is 42.9 Å². The summed E-state index contributed by atoms with van der Waals surface area (Å²) >= 11 is 0. The Morgan fingerprint density at radius 3 is 2.75 bits per heavy atom. The van der Waals surface area contributed by atoms with Crippen LogP contribution in [-0.4, -0.2) is 72.9 Å². The number of hydrogen-bond donors (Lipinski definition) is 2. The van der Waals surface area contributed by atoms with E-state index in [9.17, 15) is 13.6 Å². The molecule has 194 valence electrons. The van der Waals surface area contributed by atoms with Crippen molar-refractivity contribution in [3.8, 4) is 22.8 Å². The summed E-state index contributed by atoms with van der Waals surface area (Å²) in [6, 6.07) is 3.05. The number of morpholine rings is 1. The zero-order valence-electron chi connectivity index (χ0n) is 20.9. The van der Waals surface area contributed by atoms with Gasteiger partial charge in [-0.3, -0.25) is 4.79 Å². The van der Waals surface area contributed by atoms with E-state index in [4.69, 9.17) is 14.2 Å². The standard InChI is InChI=1S/C26H32F2N4O4/c1-5-6-17(26(2)15-32(3)9-10-35-26)13-22-29-14-19(31-22)16-11-20(34-4)23(21(12-16)36-25(27)28)24(33)30-18-7-8-18/h5-6,11-14,18,25H,7-10,15H2,1-4H3,(H,29,31)(H,30,33)/b6-5-,17-13+. The summed E-state index contributed by atoms with van der Waals surface area (Å²) in [6.07, 6.45) is 9.16. The molecule has 1 aliphatic carbocycles. The minimum absolute atomic E-state index is 0.0457. The molecule has 1 aromatic heterocycles. The van der Waals surface area contributed by atoms with Crippen LogP contribution >= 0.6 is 0 Å². The fourth-order valence-electron chi connectivity index (χ4n) is 4.31. The largest absolute Gasteiger partial charge is 0.496 e. The summed E-state index contributed by atoms with van der Waals surface area (Å²) in [5.41, 5.74) is 1.42. The summed E-state index contributed by atoms with van der Waals surface area (Å²) in [4.78, 5) is 22.6. The number of rotatable bonds is 9. The van der Waals surface area contributed by atoms with E-state index in [1.807, 2.05) is 32.1 Å². The van der Waals surface area contributed by atoms with Crippen LogP contribution in [0.3, 0.4) is 0 Å². The first-order valence-electron chi connectivity index (χ1n) is 11.9. The Morgan fingerprint density at radius 2 is 2.11 bits per heavy atom. The van der Waals surface area contributed by atoms with Crippen LogP contribution in [0.5, 0.6) is 11.5 Å². The Labute approximate surface area is 209 Å². The second-order valence-corrected chi connectivity index (χ2v) is 9.28. The van der Waals surface area contributed by atoms with Gasteiger partial charge in [0.05, 0.1) is 25.6 Å². The predicted octanol–water partition coefficient (Wildman–Crippen LogP) is 4.26. The molecule has 2 aromatic rings. The van der Waals surface area contributed by atoms with Gasteiger partial charge in [0.2, 0.25) is 0 Å². The summed E-state index contributed by atoms with van der Waals surface area (Å²) in [5.74, 6) is -0.0628. The molecule has 1 saturated carbocycles. The number of halogens is 2. The Balaban J connectivity index is 1.69. The molecular weight excluding hydrogens is 470 g/mol. The summed E-state index contributed by atoms with van der Waals surface area (Å²) < 4.78 is 42.7. The molecule has 36 heavy (non-hydrogen) atoms. The van der Waals surface area contributed by atoms with Crippen LogP contribution < -0.4 is 14.8 Å². The number of amides is 1. The van der Waals surface area contributed by atoms with Crippen LogP contribution in [-0.2, 0) is 4.74 Å². The van der Waals surface area contributed by atoms with Crippen molar-refractivity contribution in [2.75, 3.05) is 33.9 Å². The molecule has 0 spiro atoms. The number of ether oxygens (including phenoxy) is 3. The number of nitrogens with zero attached hydrogens (tertiary/aromatic N) is 2. The third kappa shape index (κ3) is 5.93. The topological polar surface area (TPSA) is 88.7 Å². The van der Waals surface area contributed by atoms with Crippen molar-refractivity contribution in [1.82, 2.24) is 20.2 Å². The average Bonchev–Trinajstić information content (AvgIpc) is 3.51. The number of methoxy groups -OCH3 is 1. The number of allylic oxidation sites excluding steroid dienone is 1. The van der Waals surface area contributed by atoms with E-state index in [-0.39, 0.29) is 23.1 Å². The summed E-state index contributed by atoms with van der Waals surface area (Å²) in [6.45, 7) is 3.10. The lowest BCUT2D eigenvalue weighted by molar-refractivity contribution is -0.0646. The molecular formula is C26H32F2N4O4. The predicted molar refractivity (Wildman–Crippen MR) is 132 cm³/mol. The number of nitrogens with one attached hydrogen (secondary N) is 2. The smallest absolute Gasteiger partial charge is 0.387 e. The van der Waals surface area contributed by atoms with Crippen molar-refractivity contribution in [3.05, 3.63) is 47.4 Å². The number of aromatic nitrogens is 2. The SMILES string of the molecule is C/C=C\C(=C/c1ncc(-c2cc(OC)c(C(=O)NC3CC3)c(OC(F)F)c2)[nH]1)C1(C)CN(C)CCO1. The highest BCUT2D eigenvalue weighted by Crippen LogP contribution is 2.36. The van der Waals surface area contributed by atoms with Gasteiger partial charge in [-0.25, -0.2) is 4.98 Å². The van der Waals surface area contributed by atoms with Gasteiger partial charge in [0, 0.05) is 24.7 Å². The first-order chi connectivity index (χ1) is 17.2. The Hall–Kier alpha value is -3.24. The summed E-state index contributed by atoms with van der Waals surface area (Å²) in [7, 11) is 3.44. The molecule has 1 unspecified atom stereocenters. The van der Waals surface area contributed by atoms with Crippen LogP contribution in [0, 0.1) is 0 Å². The molecule has 2 fully saturated rings. The lowest BCUT2D eigenvalue weighted by atomic mass is 9.92. The first-order valence-corrected chi connectivity index (χ1v) is 11.9. The average molecular weight is 503 g/mol. The zero-order valence-corrected chi connectivity index (χ0v) is 20.9. The molecule has 1 amide bonds. The molecule has 2 aliphatic rings. The molecule has 1 aromatic carbocycles. The number of aromatic amines is 1. The van der Waals surface area contributed by atoms with Gasteiger partial charge in [0.1, 0.15) is 28.5 Å². The zero-order chi connectivity index (χ0) is 25.9. The van der Waals surface area contributed by atoms with E-state index in [0.29, 0.717) is 23.7 Å². The van der Waals surface area contributed by atoms with Gasteiger partial charge < -0.3 is 29.4 Å². The number of likely N-dealkylation sites (N-methyl/N-ethyl adjacent to an activating group) is 1. The third-order valence-electron chi connectivity index (χ3n) is 6.26. The van der Waals surface area contributed by atoms with Crippen LogP contribution in [0.4, 0.5) is 8.78 Å². The van der Waals surface area contributed by atoms with E-state index < -0.39 is 18.1 Å². The van der Waals surface area contributed by atoms with Crippen LogP contribution in [0.15, 0.2) is 36.1 Å². The summed E-state index contributed by atoms with van der Waals surface area (Å²) in [5, 5.41) is 2.80. The van der Waals surface area contributed by atoms with Gasteiger partial charge in [-0.1, -0.05) is 12.2 Å². The molecule has 0 radical (unpaired) electrons. The number of imidazole rings is 1. The number of H-pyrrole nitrogens is 1. The monoisotopic (exact) mass is 502 g/mol. The van der Waals surface area contributed by atoms with Crippen molar-refractivity contribution in [2.45, 2.75) is 44.9 Å². The molecule has 2 heterocycles. The minimum atomic E-state index is -3.10. The van der Waals surface area contributed by atoms with E-state index in [2.05, 4.69) is 27.2 Å². The van der Waals surface area contributed by atoms with Crippen molar-refractivity contribution in [1.29, 1.82) is 0 Å². The maximum atomic E-state index is 13.2. The van der Waals surface area contributed by atoms with Crippen molar-refractivity contribution < 1.29 is 27.8 Å². The normalized spacial score (nSPS) is 21.2. The molecule has 1 aliphatic heterocycles. The van der Waals surface area contributed by atoms with E-state index in [1.165, 1.54) is 13.2 Å². The molecule has 8 nitrogen and oxygen atoms in total. The van der Waals surface area contributed by atoms with E-state index in [1.54, 1.807) is 12.3 Å². The van der Waals surface area contributed by atoms with Crippen molar-refractivity contribution in [3.63, 3.8) is 0 Å². The molecule has 2 N–H and O–H groups in total. The highest BCUT2D eigenvalue weighted by Gasteiger charge is 2.33. The van der Waals surface area contributed by atoms with Gasteiger partial charge >= 0.3 is 6.61 Å². The Bertz CT molecular complexity index is 1160. The van der Waals surface area contributed by atoms with E-state index in [0.717, 1.165) is 31.5 Å². The van der Waals surface area contributed by atoms with Crippen molar-refractivity contribution in [2.24, 2.45) is 0 Å². The van der Waals surface area contributed by atoms with Gasteiger partial charge in [-0.05, 0) is 57.5 Å². The fourth-order valence-corrected chi connectivity index (χ4v) is 4.31. The molecule has 4 rings (SSSR count). The highest BCUT2D eigenvalue weighted by molar-refractivity contribution is 6.01. The maximum Gasteiger partial charge on any atom is 0.387 e. The quantitative estimate of drug-likeness (QED) is 0.498. The van der Waals surface area contributed by atoms with Gasteiger partial charge in [0.15, 0.2) is 0 Å². The molecule has 1 saturated heterocycles. The van der Waals surface area contributed by atoms with Crippen LogP contribution in [0.2, 0.25) is 0 Å². The highest BCUT2D eigenvalue weighted by atomic mass is 19.3. The molecule has 0 bridgehead atoms. The number of alkyl halides is 2. The van der Waals surface area contributed by atoms with Gasteiger partial charge in [-0.2, -0.15) is 8.78 Å². The van der Waals surface area contributed by atoms with E-state index >= 15 is 0 Å². The Kier molecular flexibility index (Phi) is 7.75. The molecule has 10 heteroatoms. The number of benzene rings is 1. The lowest BCUT2D eigenvalue weighted by Crippen LogP contribution is -2.49. The van der Waals surface area contributed by atoms with Crippen LogP contribution in [0.25, 0.3) is 17.3 Å². The van der Waals surface area contributed by atoms with Crippen molar-refractivity contribution >= 4 is 12.0 Å². The van der Waals surface area contributed by atoms with Gasteiger partial charge in [-0.15, -0.1) is 0 Å². The number of hydrogen-bond acceptors (Lipinski definition) is 6. The molecule has 1 atom stereocenters. The second-order valence-electron chi connectivity index (χ2n) is 9.28.